The second-order valence-electron chi connectivity index (χ2n) is 4.72. The molecule has 1 N–H and O–H groups in total. The van der Waals surface area contributed by atoms with Crippen molar-refractivity contribution in [2.24, 2.45) is 7.05 Å². The highest BCUT2D eigenvalue weighted by Crippen LogP contribution is 2.12. The molecule has 1 saturated heterocycles. The molecule has 18 heavy (non-hydrogen) atoms. The van der Waals surface area contributed by atoms with Crippen molar-refractivity contribution in [3.63, 3.8) is 0 Å². The Morgan fingerprint density at radius 1 is 1.67 bits per heavy atom. The van der Waals surface area contributed by atoms with E-state index in [4.69, 9.17) is 4.74 Å². The van der Waals surface area contributed by atoms with E-state index in [2.05, 4.69) is 17.3 Å². The molecule has 1 aliphatic heterocycles. The topological polar surface area (TPSA) is 56.1 Å². The van der Waals surface area contributed by atoms with Crippen LogP contribution in [-0.4, -0.2) is 34.9 Å². The van der Waals surface area contributed by atoms with Gasteiger partial charge in [-0.25, -0.2) is 0 Å². The molecule has 2 rings (SSSR count). The number of nitrogens with one attached hydrogen (secondary N) is 1. The van der Waals surface area contributed by atoms with Crippen LogP contribution in [0.2, 0.25) is 0 Å². The van der Waals surface area contributed by atoms with Crippen molar-refractivity contribution in [1.29, 1.82) is 0 Å². The molecule has 2 heterocycles. The monoisotopic (exact) mass is 251 g/mol. The van der Waals surface area contributed by atoms with E-state index in [0.29, 0.717) is 12.1 Å². The van der Waals surface area contributed by atoms with Crippen LogP contribution in [0.3, 0.4) is 0 Å². The van der Waals surface area contributed by atoms with Gasteiger partial charge < -0.3 is 10.1 Å². The van der Waals surface area contributed by atoms with Crippen LogP contribution < -0.4 is 5.32 Å². The van der Waals surface area contributed by atoms with Crippen LogP contribution in [-0.2, 0) is 18.2 Å². The number of nitrogens with zero attached hydrogens (tertiary/aromatic N) is 2. The van der Waals surface area contributed by atoms with Gasteiger partial charge in [-0.15, -0.1) is 0 Å². The highest BCUT2D eigenvalue weighted by molar-refractivity contribution is 5.95. The molecule has 0 aromatic carbocycles. The maximum atomic E-state index is 12.1. The first-order chi connectivity index (χ1) is 8.72. The molecule has 5 heteroatoms. The largest absolute Gasteiger partial charge is 0.376 e. The maximum Gasteiger partial charge on any atom is 0.254 e. The third kappa shape index (κ3) is 2.90. The summed E-state index contributed by atoms with van der Waals surface area (Å²) in [7, 11) is 1.88. The van der Waals surface area contributed by atoms with Gasteiger partial charge in [0.05, 0.1) is 23.6 Å². The third-order valence-corrected chi connectivity index (χ3v) is 3.31. The molecular weight excluding hydrogens is 230 g/mol. The molecule has 0 unspecified atom stereocenters. The quantitative estimate of drug-likeness (QED) is 0.857. The SMILES string of the molecule is CCCc1c(C(=O)NC[C@H]2CCCO2)cnn1C. The Morgan fingerprint density at radius 3 is 3.17 bits per heavy atom. The standard InChI is InChI=1S/C13H21N3O2/c1-3-5-12-11(9-15-16(12)2)13(17)14-8-10-6-4-7-18-10/h9-10H,3-8H2,1-2H3,(H,14,17)/t10-/m1/s1. The first-order valence-corrected chi connectivity index (χ1v) is 6.63. The van der Waals surface area contributed by atoms with E-state index in [1.807, 2.05) is 7.05 Å². The number of amides is 1. The fraction of sp³-hybridized carbons (Fsp3) is 0.692. The van der Waals surface area contributed by atoms with E-state index < -0.39 is 0 Å². The van der Waals surface area contributed by atoms with Crippen LogP contribution in [0, 0.1) is 0 Å². The summed E-state index contributed by atoms with van der Waals surface area (Å²) in [6.07, 6.45) is 5.84. The van der Waals surface area contributed by atoms with E-state index in [0.717, 1.165) is 38.0 Å². The molecule has 1 aliphatic rings. The van der Waals surface area contributed by atoms with E-state index in [9.17, 15) is 4.79 Å². The van der Waals surface area contributed by atoms with Crippen LogP contribution in [0.5, 0.6) is 0 Å². The first-order valence-electron chi connectivity index (χ1n) is 6.63. The number of carbonyl (C=O) groups is 1. The fourth-order valence-corrected chi connectivity index (χ4v) is 2.29. The van der Waals surface area contributed by atoms with Gasteiger partial charge in [0.25, 0.3) is 5.91 Å². The van der Waals surface area contributed by atoms with Gasteiger partial charge in [0.15, 0.2) is 0 Å². The molecule has 1 aromatic rings. The number of carbonyl (C=O) groups excluding carboxylic acids is 1. The lowest BCUT2D eigenvalue weighted by atomic mass is 10.1. The Bertz CT molecular complexity index is 408. The Balaban J connectivity index is 1.95. The number of hydrogen-bond acceptors (Lipinski definition) is 3. The lowest BCUT2D eigenvalue weighted by molar-refractivity contribution is 0.0857. The number of aryl methyl sites for hydroxylation is 1. The van der Waals surface area contributed by atoms with Crippen LogP contribution in [0.4, 0.5) is 0 Å². The molecule has 0 aliphatic carbocycles. The van der Waals surface area contributed by atoms with Gasteiger partial charge in [-0.2, -0.15) is 5.10 Å². The summed E-state index contributed by atoms with van der Waals surface area (Å²) in [6.45, 7) is 3.51. The molecule has 0 saturated carbocycles. The molecular formula is C13H21N3O2. The highest BCUT2D eigenvalue weighted by atomic mass is 16.5. The highest BCUT2D eigenvalue weighted by Gasteiger charge is 2.19. The zero-order chi connectivity index (χ0) is 13.0. The Morgan fingerprint density at radius 2 is 2.50 bits per heavy atom. The van der Waals surface area contributed by atoms with E-state index in [-0.39, 0.29) is 12.0 Å². The summed E-state index contributed by atoms with van der Waals surface area (Å²) in [6, 6.07) is 0. The molecule has 0 bridgehead atoms. The van der Waals surface area contributed by atoms with Crippen molar-refractivity contribution in [3.8, 4) is 0 Å². The van der Waals surface area contributed by atoms with Crippen molar-refractivity contribution >= 4 is 5.91 Å². The smallest absolute Gasteiger partial charge is 0.254 e. The summed E-state index contributed by atoms with van der Waals surface area (Å²) in [4.78, 5) is 12.1. The summed E-state index contributed by atoms with van der Waals surface area (Å²) < 4.78 is 7.27. The van der Waals surface area contributed by atoms with Crippen molar-refractivity contribution in [3.05, 3.63) is 17.5 Å². The molecule has 1 fully saturated rings. The lowest BCUT2D eigenvalue weighted by Gasteiger charge is -2.11. The van der Waals surface area contributed by atoms with Crippen molar-refractivity contribution in [2.45, 2.75) is 38.7 Å². The number of hydrogen-bond donors (Lipinski definition) is 1. The van der Waals surface area contributed by atoms with Gasteiger partial charge in [0.1, 0.15) is 0 Å². The molecule has 1 atom stereocenters. The Kier molecular flexibility index (Phi) is 4.36. The minimum atomic E-state index is -0.0398. The van der Waals surface area contributed by atoms with Gasteiger partial charge in [0, 0.05) is 20.2 Å². The van der Waals surface area contributed by atoms with Crippen molar-refractivity contribution in [2.75, 3.05) is 13.2 Å². The fourth-order valence-electron chi connectivity index (χ4n) is 2.29. The van der Waals surface area contributed by atoms with Crippen LogP contribution in [0.15, 0.2) is 6.20 Å². The minimum absolute atomic E-state index is 0.0398. The van der Waals surface area contributed by atoms with E-state index in [1.54, 1.807) is 10.9 Å². The lowest BCUT2D eigenvalue weighted by Crippen LogP contribution is -2.32. The molecule has 100 valence electrons. The third-order valence-electron chi connectivity index (χ3n) is 3.31. The predicted octanol–water partition coefficient (Wildman–Crippen LogP) is 1.28. The van der Waals surface area contributed by atoms with Crippen LogP contribution >= 0.6 is 0 Å². The van der Waals surface area contributed by atoms with Crippen molar-refractivity contribution < 1.29 is 9.53 Å². The van der Waals surface area contributed by atoms with Gasteiger partial charge in [0.2, 0.25) is 0 Å². The summed E-state index contributed by atoms with van der Waals surface area (Å²) in [5.74, 6) is -0.0398. The van der Waals surface area contributed by atoms with Crippen LogP contribution in [0.1, 0.15) is 42.2 Å². The zero-order valence-corrected chi connectivity index (χ0v) is 11.1. The molecule has 1 aromatic heterocycles. The molecule has 0 radical (unpaired) electrons. The second-order valence-corrected chi connectivity index (χ2v) is 4.72. The van der Waals surface area contributed by atoms with Gasteiger partial charge in [-0.3, -0.25) is 9.48 Å². The molecule has 5 nitrogen and oxygen atoms in total. The number of aromatic nitrogens is 2. The predicted molar refractivity (Wildman–Crippen MR) is 68.5 cm³/mol. The minimum Gasteiger partial charge on any atom is -0.376 e. The maximum absolute atomic E-state index is 12.1. The first kappa shape index (κ1) is 13.1. The second kappa shape index (κ2) is 6.00. The average Bonchev–Trinajstić information content (AvgIpc) is 2.98. The number of ether oxygens (including phenoxy) is 1. The van der Waals surface area contributed by atoms with E-state index >= 15 is 0 Å². The van der Waals surface area contributed by atoms with E-state index in [1.165, 1.54) is 0 Å². The number of rotatable bonds is 5. The summed E-state index contributed by atoms with van der Waals surface area (Å²) >= 11 is 0. The molecule has 0 spiro atoms. The summed E-state index contributed by atoms with van der Waals surface area (Å²) in [5.41, 5.74) is 1.69. The van der Waals surface area contributed by atoms with Crippen molar-refractivity contribution in [1.82, 2.24) is 15.1 Å². The summed E-state index contributed by atoms with van der Waals surface area (Å²) in [5, 5.41) is 7.10. The normalized spacial score (nSPS) is 19.1. The molecule has 1 amide bonds. The van der Waals surface area contributed by atoms with Gasteiger partial charge >= 0.3 is 0 Å². The zero-order valence-electron chi connectivity index (χ0n) is 11.1. The average molecular weight is 251 g/mol. The Hall–Kier alpha value is -1.36. The van der Waals surface area contributed by atoms with Gasteiger partial charge in [-0.1, -0.05) is 13.3 Å². The van der Waals surface area contributed by atoms with Gasteiger partial charge in [-0.05, 0) is 19.3 Å². The Labute approximate surface area is 108 Å². The van der Waals surface area contributed by atoms with Crippen LogP contribution in [0.25, 0.3) is 0 Å².